The van der Waals surface area contributed by atoms with Gasteiger partial charge in [-0.3, -0.25) is 9.36 Å². The third-order valence-corrected chi connectivity index (χ3v) is 3.90. The molecule has 0 atom stereocenters. The second-order valence-corrected chi connectivity index (χ2v) is 5.28. The Balaban J connectivity index is 2.43. The zero-order chi connectivity index (χ0) is 16.4. The van der Waals surface area contributed by atoms with Gasteiger partial charge in [0.15, 0.2) is 0 Å². The van der Waals surface area contributed by atoms with Gasteiger partial charge in [-0.15, -0.1) is 0 Å². The first-order valence-corrected chi connectivity index (χ1v) is 7.58. The molecule has 4 nitrogen and oxygen atoms in total. The highest BCUT2D eigenvalue weighted by Crippen LogP contribution is 2.27. The monoisotopic (exact) mass is 327 g/mol. The Morgan fingerprint density at radius 2 is 1.74 bits per heavy atom. The maximum absolute atomic E-state index is 12.9. The molecule has 0 aliphatic rings. The van der Waals surface area contributed by atoms with Crippen molar-refractivity contribution in [3.8, 4) is 5.69 Å². The molecular weight excluding hydrogens is 314 g/mol. The van der Waals surface area contributed by atoms with E-state index in [9.17, 15) is 9.59 Å². The molecule has 0 amide bonds. The Morgan fingerprint density at radius 3 is 2.43 bits per heavy atom. The van der Waals surface area contributed by atoms with Crippen molar-refractivity contribution in [2.45, 2.75) is 6.92 Å². The molecule has 0 bridgehead atoms. The first-order chi connectivity index (χ1) is 11.1. The number of fused-ring (bicyclic) bond motifs is 1. The van der Waals surface area contributed by atoms with Crippen LogP contribution in [0.2, 0.25) is 5.02 Å². The summed E-state index contributed by atoms with van der Waals surface area (Å²) in [5.74, 6) is -0.710. The molecule has 0 saturated carbocycles. The predicted molar refractivity (Wildman–Crippen MR) is 90.5 cm³/mol. The number of hydrogen-bond donors (Lipinski definition) is 0. The van der Waals surface area contributed by atoms with E-state index >= 15 is 0 Å². The SMILES string of the molecule is CCOC(=O)c1c(Cl)c2ccccc2n(-c2ccccc2)c1=O. The molecule has 5 heteroatoms. The lowest BCUT2D eigenvalue weighted by Crippen LogP contribution is -2.27. The van der Waals surface area contributed by atoms with Crippen LogP contribution in [-0.4, -0.2) is 17.1 Å². The lowest BCUT2D eigenvalue weighted by Gasteiger charge is -2.14. The van der Waals surface area contributed by atoms with Crippen LogP contribution >= 0.6 is 11.6 Å². The largest absolute Gasteiger partial charge is 0.462 e. The molecule has 1 heterocycles. The first-order valence-electron chi connectivity index (χ1n) is 7.21. The van der Waals surface area contributed by atoms with Crippen LogP contribution in [-0.2, 0) is 4.74 Å². The maximum atomic E-state index is 12.9. The standard InChI is InChI=1S/C18H14ClNO3/c1-2-23-18(22)15-16(19)13-10-6-7-11-14(13)20(17(15)21)12-8-4-3-5-9-12/h3-11H,2H2,1H3. The minimum atomic E-state index is -0.710. The Hall–Kier alpha value is -2.59. The molecule has 116 valence electrons. The number of nitrogens with zero attached hydrogens (tertiary/aromatic N) is 1. The number of pyridine rings is 1. The zero-order valence-electron chi connectivity index (χ0n) is 12.5. The van der Waals surface area contributed by atoms with Crippen LogP contribution in [0.25, 0.3) is 16.6 Å². The maximum Gasteiger partial charge on any atom is 0.345 e. The number of para-hydroxylation sites is 2. The number of halogens is 1. The molecular formula is C18H14ClNO3. The highest BCUT2D eigenvalue weighted by Gasteiger charge is 2.22. The van der Waals surface area contributed by atoms with E-state index in [1.807, 2.05) is 30.3 Å². The van der Waals surface area contributed by atoms with Crippen molar-refractivity contribution in [1.29, 1.82) is 0 Å². The van der Waals surface area contributed by atoms with Gasteiger partial charge >= 0.3 is 5.97 Å². The van der Waals surface area contributed by atoms with Crippen molar-refractivity contribution in [1.82, 2.24) is 4.57 Å². The number of benzene rings is 2. The molecule has 0 aliphatic heterocycles. The van der Waals surface area contributed by atoms with Gasteiger partial charge in [0.1, 0.15) is 5.56 Å². The van der Waals surface area contributed by atoms with Gasteiger partial charge < -0.3 is 4.74 Å². The molecule has 0 unspecified atom stereocenters. The predicted octanol–water partition coefficient (Wildman–Crippen LogP) is 3.82. The van der Waals surface area contributed by atoms with Gasteiger partial charge in [-0.1, -0.05) is 48.0 Å². The van der Waals surface area contributed by atoms with E-state index in [4.69, 9.17) is 16.3 Å². The quantitative estimate of drug-likeness (QED) is 0.687. The van der Waals surface area contributed by atoms with Crippen molar-refractivity contribution >= 4 is 28.5 Å². The number of carbonyl (C=O) groups excluding carboxylic acids is 1. The fourth-order valence-corrected chi connectivity index (χ4v) is 2.84. The molecule has 2 aromatic carbocycles. The van der Waals surface area contributed by atoms with Crippen LogP contribution in [0.1, 0.15) is 17.3 Å². The summed E-state index contributed by atoms with van der Waals surface area (Å²) in [6.45, 7) is 1.86. The summed E-state index contributed by atoms with van der Waals surface area (Å²) < 4.78 is 6.47. The third kappa shape index (κ3) is 2.62. The molecule has 0 saturated heterocycles. The van der Waals surface area contributed by atoms with Crippen molar-refractivity contribution < 1.29 is 9.53 Å². The summed E-state index contributed by atoms with van der Waals surface area (Å²) in [6.07, 6.45) is 0. The van der Waals surface area contributed by atoms with Gasteiger partial charge in [0.05, 0.1) is 17.1 Å². The molecule has 0 fully saturated rings. The zero-order valence-corrected chi connectivity index (χ0v) is 13.2. The van der Waals surface area contributed by atoms with Gasteiger partial charge in [-0.25, -0.2) is 4.79 Å². The summed E-state index contributed by atoms with van der Waals surface area (Å²) in [5.41, 5.74) is 0.673. The van der Waals surface area contributed by atoms with E-state index in [-0.39, 0.29) is 17.2 Å². The van der Waals surface area contributed by atoms with E-state index in [2.05, 4.69) is 0 Å². The Kier molecular flexibility index (Phi) is 4.17. The average Bonchev–Trinajstić information content (AvgIpc) is 2.56. The topological polar surface area (TPSA) is 48.3 Å². The second kappa shape index (κ2) is 6.26. The van der Waals surface area contributed by atoms with Gasteiger partial charge in [0.2, 0.25) is 0 Å². The van der Waals surface area contributed by atoms with Crippen LogP contribution in [0.3, 0.4) is 0 Å². The summed E-state index contributed by atoms with van der Waals surface area (Å²) in [4.78, 5) is 25.1. The van der Waals surface area contributed by atoms with E-state index in [1.54, 1.807) is 31.2 Å². The van der Waals surface area contributed by atoms with E-state index in [0.29, 0.717) is 16.6 Å². The van der Waals surface area contributed by atoms with Crippen LogP contribution < -0.4 is 5.56 Å². The molecule has 3 rings (SSSR count). The van der Waals surface area contributed by atoms with Crippen LogP contribution in [0.4, 0.5) is 0 Å². The van der Waals surface area contributed by atoms with Crippen LogP contribution in [0, 0.1) is 0 Å². The van der Waals surface area contributed by atoms with Crippen LogP contribution in [0.15, 0.2) is 59.4 Å². The summed E-state index contributed by atoms with van der Waals surface area (Å²) in [7, 11) is 0. The lowest BCUT2D eigenvalue weighted by molar-refractivity contribution is 0.0524. The molecule has 23 heavy (non-hydrogen) atoms. The van der Waals surface area contributed by atoms with E-state index in [1.165, 1.54) is 4.57 Å². The van der Waals surface area contributed by atoms with Crippen molar-refractivity contribution in [3.63, 3.8) is 0 Å². The van der Waals surface area contributed by atoms with Crippen molar-refractivity contribution in [2.75, 3.05) is 6.61 Å². The minimum Gasteiger partial charge on any atom is -0.462 e. The summed E-state index contributed by atoms with van der Waals surface area (Å²) in [5, 5.41) is 0.747. The molecule has 0 N–H and O–H groups in total. The molecule has 1 aromatic heterocycles. The smallest absolute Gasteiger partial charge is 0.345 e. The number of ether oxygens (including phenoxy) is 1. The Labute approximate surface area is 137 Å². The number of aromatic nitrogens is 1. The number of hydrogen-bond acceptors (Lipinski definition) is 3. The van der Waals surface area contributed by atoms with Gasteiger partial charge in [-0.05, 0) is 25.1 Å². The average molecular weight is 328 g/mol. The Bertz CT molecular complexity index is 932. The van der Waals surface area contributed by atoms with Gasteiger partial charge in [0.25, 0.3) is 5.56 Å². The van der Waals surface area contributed by atoms with E-state index in [0.717, 1.165) is 0 Å². The van der Waals surface area contributed by atoms with Gasteiger partial charge in [-0.2, -0.15) is 0 Å². The number of esters is 1. The number of carbonyl (C=O) groups is 1. The third-order valence-electron chi connectivity index (χ3n) is 3.51. The lowest BCUT2D eigenvalue weighted by atomic mass is 10.1. The van der Waals surface area contributed by atoms with Crippen LogP contribution in [0.5, 0.6) is 0 Å². The molecule has 0 aliphatic carbocycles. The summed E-state index contributed by atoms with van der Waals surface area (Å²) >= 11 is 6.32. The Morgan fingerprint density at radius 1 is 1.09 bits per heavy atom. The highest BCUT2D eigenvalue weighted by atomic mass is 35.5. The minimum absolute atomic E-state index is 0.122. The fourth-order valence-electron chi connectivity index (χ4n) is 2.52. The van der Waals surface area contributed by atoms with Crippen molar-refractivity contribution in [2.24, 2.45) is 0 Å². The summed E-state index contributed by atoms with van der Waals surface area (Å²) in [6, 6.07) is 16.3. The van der Waals surface area contributed by atoms with Gasteiger partial charge in [0, 0.05) is 11.1 Å². The first kappa shape index (κ1) is 15.3. The normalized spacial score (nSPS) is 10.7. The molecule has 0 radical (unpaired) electrons. The fraction of sp³-hybridized carbons (Fsp3) is 0.111. The van der Waals surface area contributed by atoms with E-state index < -0.39 is 11.5 Å². The van der Waals surface area contributed by atoms with Crippen molar-refractivity contribution in [3.05, 3.63) is 75.5 Å². The molecule has 0 spiro atoms. The molecule has 3 aromatic rings. The number of rotatable bonds is 3. The second-order valence-electron chi connectivity index (χ2n) is 4.90. The highest BCUT2D eigenvalue weighted by molar-refractivity contribution is 6.38.